The molecule has 0 radical (unpaired) electrons. The third-order valence-corrected chi connectivity index (χ3v) is 3.29. The monoisotopic (exact) mass is 288 g/mol. The molecule has 21 heavy (non-hydrogen) atoms. The van der Waals surface area contributed by atoms with E-state index in [-0.39, 0.29) is 18.3 Å². The van der Waals surface area contributed by atoms with Gasteiger partial charge in [0, 0.05) is 5.56 Å². The molecule has 0 heterocycles. The van der Waals surface area contributed by atoms with Gasteiger partial charge in [-0.05, 0) is 48.7 Å². The van der Waals surface area contributed by atoms with Gasteiger partial charge in [-0.1, -0.05) is 23.4 Å². The van der Waals surface area contributed by atoms with Gasteiger partial charge in [-0.15, -0.1) is 0 Å². The maximum absolute atomic E-state index is 13.3. The van der Waals surface area contributed by atoms with Crippen LogP contribution in [0.15, 0.2) is 41.6 Å². The number of hydrogen-bond acceptors (Lipinski definition) is 3. The number of hydrogen-bond donors (Lipinski definition) is 2. The lowest BCUT2D eigenvalue weighted by Crippen LogP contribution is -2.13. The summed E-state index contributed by atoms with van der Waals surface area (Å²) in [5.41, 5.74) is 8.78. The van der Waals surface area contributed by atoms with Gasteiger partial charge < -0.3 is 15.7 Å². The van der Waals surface area contributed by atoms with Crippen LogP contribution in [0, 0.1) is 19.7 Å². The molecule has 0 saturated carbocycles. The van der Waals surface area contributed by atoms with Crippen LogP contribution in [-0.4, -0.2) is 11.0 Å². The first-order valence-corrected chi connectivity index (χ1v) is 6.47. The minimum Gasteiger partial charge on any atom is -0.489 e. The van der Waals surface area contributed by atoms with Gasteiger partial charge in [-0.25, -0.2) is 4.39 Å². The van der Waals surface area contributed by atoms with E-state index >= 15 is 0 Å². The van der Waals surface area contributed by atoms with Gasteiger partial charge >= 0.3 is 0 Å². The summed E-state index contributed by atoms with van der Waals surface area (Å²) in [6.07, 6.45) is 0. The number of benzene rings is 2. The Morgan fingerprint density at radius 1 is 1.19 bits per heavy atom. The highest BCUT2D eigenvalue weighted by molar-refractivity contribution is 5.97. The number of ether oxygens (including phenoxy) is 1. The zero-order valence-corrected chi connectivity index (χ0v) is 11.9. The molecule has 0 aromatic heterocycles. The summed E-state index contributed by atoms with van der Waals surface area (Å²) in [6.45, 7) is 4.05. The molecule has 110 valence electrons. The van der Waals surface area contributed by atoms with Crippen molar-refractivity contribution in [3.8, 4) is 5.75 Å². The van der Waals surface area contributed by atoms with E-state index in [9.17, 15) is 4.39 Å². The van der Waals surface area contributed by atoms with E-state index in [1.165, 1.54) is 12.1 Å². The van der Waals surface area contributed by atoms with Crippen LogP contribution in [0.5, 0.6) is 5.75 Å². The van der Waals surface area contributed by atoms with E-state index in [0.29, 0.717) is 11.3 Å². The lowest BCUT2D eigenvalue weighted by atomic mass is 10.1. The Hall–Kier alpha value is -2.56. The first kappa shape index (κ1) is 14.8. The van der Waals surface area contributed by atoms with E-state index < -0.39 is 0 Å². The second kappa shape index (κ2) is 6.26. The molecular weight excluding hydrogens is 271 g/mol. The Bertz CT molecular complexity index is 684. The molecule has 2 aromatic carbocycles. The van der Waals surface area contributed by atoms with Gasteiger partial charge in [-0.3, -0.25) is 0 Å². The summed E-state index contributed by atoms with van der Waals surface area (Å²) >= 11 is 0. The highest BCUT2D eigenvalue weighted by Gasteiger charge is 2.07. The lowest BCUT2D eigenvalue weighted by Gasteiger charge is -2.12. The summed E-state index contributed by atoms with van der Waals surface area (Å²) in [5, 5.41) is 11.7. The summed E-state index contributed by atoms with van der Waals surface area (Å²) in [6, 6.07) is 9.85. The third-order valence-electron chi connectivity index (χ3n) is 3.29. The smallest absolute Gasteiger partial charge is 0.170 e. The molecule has 0 aliphatic rings. The topological polar surface area (TPSA) is 67.8 Å². The van der Waals surface area contributed by atoms with Crippen LogP contribution >= 0.6 is 0 Å². The van der Waals surface area contributed by atoms with Crippen LogP contribution < -0.4 is 10.5 Å². The first-order chi connectivity index (χ1) is 10.0. The van der Waals surface area contributed by atoms with Crippen LogP contribution in [0.3, 0.4) is 0 Å². The average Bonchev–Trinajstić information content (AvgIpc) is 2.48. The molecule has 0 fully saturated rings. The molecule has 0 unspecified atom stereocenters. The SMILES string of the molecule is Cc1ccc(F)cc1COc1cc(/C(N)=N/O)ccc1C. The number of oxime groups is 1. The normalized spacial score (nSPS) is 11.5. The minimum absolute atomic E-state index is 0.0155. The zero-order chi connectivity index (χ0) is 15.4. The average molecular weight is 288 g/mol. The largest absolute Gasteiger partial charge is 0.489 e. The number of halogens is 1. The Morgan fingerprint density at radius 3 is 2.62 bits per heavy atom. The highest BCUT2D eigenvalue weighted by atomic mass is 19.1. The molecule has 0 spiro atoms. The van der Waals surface area contributed by atoms with Crippen LogP contribution in [-0.2, 0) is 6.61 Å². The highest BCUT2D eigenvalue weighted by Crippen LogP contribution is 2.22. The number of amidine groups is 1. The van der Waals surface area contributed by atoms with Gasteiger partial charge in [0.25, 0.3) is 0 Å². The second-order valence-corrected chi connectivity index (χ2v) is 4.82. The van der Waals surface area contributed by atoms with Crippen molar-refractivity contribution in [1.82, 2.24) is 0 Å². The molecule has 5 heteroatoms. The van der Waals surface area contributed by atoms with E-state index in [1.54, 1.807) is 18.2 Å². The van der Waals surface area contributed by atoms with Crippen molar-refractivity contribution in [2.24, 2.45) is 10.9 Å². The standard InChI is InChI=1S/C16H17FN2O2/c1-10-4-6-14(17)7-13(10)9-21-15-8-12(16(18)19-20)5-3-11(15)2/h3-8,20H,9H2,1-2H3,(H2,18,19). The number of nitrogens with two attached hydrogens (primary N) is 1. The van der Waals surface area contributed by atoms with Crippen molar-refractivity contribution < 1.29 is 14.3 Å². The zero-order valence-electron chi connectivity index (χ0n) is 11.9. The summed E-state index contributed by atoms with van der Waals surface area (Å²) in [7, 11) is 0. The predicted octanol–water partition coefficient (Wildman–Crippen LogP) is 3.12. The van der Waals surface area contributed by atoms with Gasteiger partial charge in [0.15, 0.2) is 5.84 Å². The van der Waals surface area contributed by atoms with Crippen molar-refractivity contribution in [3.63, 3.8) is 0 Å². The van der Waals surface area contributed by atoms with Crippen molar-refractivity contribution in [2.75, 3.05) is 0 Å². The van der Waals surface area contributed by atoms with Crippen LogP contribution in [0.25, 0.3) is 0 Å². The Morgan fingerprint density at radius 2 is 1.90 bits per heavy atom. The second-order valence-electron chi connectivity index (χ2n) is 4.82. The number of rotatable bonds is 4. The molecule has 4 nitrogen and oxygen atoms in total. The molecule has 0 amide bonds. The van der Waals surface area contributed by atoms with Crippen molar-refractivity contribution >= 4 is 5.84 Å². The molecular formula is C16H17FN2O2. The molecule has 0 aliphatic carbocycles. The molecule has 0 aliphatic heterocycles. The Labute approximate surface area is 122 Å². The van der Waals surface area contributed by atoms with Gasteiger partial charge in [0.2, 0.25) is 0 Å². The summed E-state index contributed by atoms with van der Waals surface area (Å²) < 4.78 is 19.0. The lowest BCUT2D eigenvalue weighted by molar-refractivity contribution is 0.302. The number of nitrogens with zero attached hydrogens (tertiary/aromatic N) is 1. The maximum Gasteiger partial charge on any atom is 0.170 e. The fourth-order valence-corrected chi connectivity index (χ4v) is 1.92. The van der Waals surface area contributed by atoms with E-state index in [2.05, 4.69) is 5.16 Å². The Kier molecular flexibility index (Phi) is 4.42. The minimum atomic E-state index is -0.290. The first-order valence-electron chi connectivity index (χ1n) is 6.47. The quantitative estimate of drug-likeness (QED) is 0.393. The fraction of sp³-hybridized carbons (Fsp3) is 0.188. The van der Waals surface area contributed by atoms with E-state index in [4.69, 9.17) is 15.7 Å². The van der Waals surface area contributed by atoms with Crippen LogP contribution in [0.1, 0.15) is 22.3 Å². The van der Waals surface area contributed by atoms with Gasteiger partial charge in [0.1, 0.15) is 18.2 Å². The van der Waals surface area contributed by atoms with Gasteiger partial charge in [0.05, 0.1) is 0 Å². The molecule has 0 bridgehead atoms. The van der Waals surface area contributed by atoms with E-state index in [0.717, 1.165) is 16.7 Å². The summed E-state index contributed by atoms with van der Waals surface area (Å²) in [4.78, 5) is 0. The molecule has 2 aromatic rings. The summed E-state index contributed by atoms with van der Waals surface area (Å²) in [5.74, 6) is 0.339. The van der Waals surface area contributed by atoms with Crippen molar-refractivity contribution in [3.05, 3.63) is 64.5 Å². The molecule has 2 rings (SSSR count). The Balaban J connectivity index is 2.21. The van der Waals surface area contributed by atoms with E-state index in [1.807, 2.05) is 19.9 Å². The number of aryl methyl sites for hydroxylation is 2. The molecule has 0 saturated heterocycles. The third kappa shape index (κ3) is 3.51. The predicted molar refractivity (Wildman–Crippen MR) is 79.2 cm³/mol. The van der Waals surface area contributed by atoms with Gasteiger partial charge in [-0.2, -0.15) is 0 Å². The maximum atomic E-state index is 13.3. The van der Waals surface area contributed by atoms with Crippen LogP contribution in [0.2, 0.25) is 0 Å². The fourth-order valence-electron chi connectivity index (χ4n) is 1.92. The van der Waals surface area contributed by atoms with Crippen LogP contribution in [0.4, 0.5) is 4.39 Å². The molecule has 3 N–H and O–H groups in total. The molecule has 0 atom stereocenters. The van der Waals surface area contributed by atoms with Crippen molar-refractivity contribution in [2.45, 2.75) is 20.5 Å². The van der Waals surface area contributed by atoms with Crippen molar-refractivity contribution in [1.29, 1.82) is 0 Å².